The molecule has 0 saturated heterocycles. The van der Waals surface area contributed by atoms with Crippen molar-refractivity contribution in [3.8, 4) is 0 Å². The van der Waals surface area contributed by atoms with Gasteiger partial charge in [-0.15, -0.1) is 0 Å². The van der Waals surface area contributed by atoms with E-state index < -0.39 is 5.54 Å². The molecule has 2 unspecified atom stereocenters. The van der Waals surface area contributed by atoms with E-state index in [0.717, 1.165) is 12.8 Å². The molecular formula is C12H23NO. The van der Waals surface area contributed by atoms with Crippen LogP contribution in [-0.4, -0.2) is 11.3 Å². The molecular weight excluding hydrogens is 174 g/mol. The smallest absolute Gasteiger partial charge is 0.155 e. The first-order chi connectivity index (χ1) is 6.30. The first-order valence-electron chi connectivity index (χ1n) is 5.64. The molecule has 2 N–H and O–H groups in total. The van der Waals surface area contributed by atoms with Gasteiger partial charge in [0.1, 0.15) is 0 Å². The van der Waals surface area contributed by atoms with Gasteiger partial charge in [0.05, 0.1) is 5.54 Å². The van der Waals surface area contributed by atoms with Gasteiger partial charge in [0.2, 0.25) is 0 Å². The third kappa shape index (κ3) is 2.81. The Morgan fingerprint density at radius 2 is 1.57 bits per heavy atom. The maximum absolute atomic E-state index is 12.0. The quantitative estimate of drug-likeness (QED) is 0.738. The molecule has 0 spiro atoms. The lowest BCUT2D eigenvalue weighted by Crippen LogP contribution is -2.46. The highest BCUT2D eigenvalue weighted by molar-refractivity contribution is 5.89. The minimum Gasteiger partial charge on any atom is -0.319 e. The molecule has 0 aromatic carbocycles. The fourth-order valence-corrected chi connectivity index (χ4v) is 2.69. The van der Waals surface area contributed by atoms with Crippen LogP contribution in [-0.2, 0) is 4.79 Å². The summed E-state index contributed by atoms with van der Waals surface area (Å²) in [7, 11) is 0. The summed E-state index contributed by atoms with van der Waals surface area (Å²) in [6.45, 7) is 8.11. The third-order valence-corrected chi connectivity index (χ3v) is 3.18. The molecule has 0 amide bonds. The number of rotatable bonds is 2. The number of carbonyl (C=O) groups is 1. The minimum atomic E-state index is -0.651. The van der Waals surface area contributed by atoms with Crippen LogP contribution in [0.5, 0.6) is 0 Å². The summed E-state index contributed by atoms with van der Waals surface area (Å²) in [6, 6.07) is 0. The summed E-state index contributed by atoms with van der Waals surface area (Å²) in [5.41, 5.74) is 5.20. The maximum Gasteiger partial charge on any atom is 0.155 e. The second kappa shape index (κ2) is 4.01. The number of Topliss-reactive ketones (excluding diaryl/α,β-unsaturated/α-hetero) is 1. The van der Waals surface area contributed by atoms with Crippen molar-refractivity contribution in [2.24, 2.45) is 23.5 Å². The summed E-state index contributed by atoms with van der Waals surface area (Å²) >= 11 is 0. The van der Waals surface area contributed by atoms with Gasteiger partial charge in [0.25, 0.3) is 0 Å². The Hall–Kier alpha value is -0.370. The summed E-state index contributed by atoms with van der Waals surface area (Å²) < 4.78 is 0. The van der Waals surface area contributed by atoms with Gasteiger partial charge in [-0.3, -0.25) is 4.79 Å². The van der Waals surface area contributed by atoms with Crippen molar-refractivity contribution in [1.29, 1.82) is 0 Å². The van der Waals surface area contributed by atoms with Crippen molar-refractivity contribution in [2.45, 2.75) is 52.5 Å². The van der Waals surface area contributed by atoms with Crippen LogP contribution in [0.4, 0.5) is 0 Å². The highest BCUT2D eigenvalue weighted by atomic mass is 16.1. The van der Waals surface area contributed by atoms with Gasteiger partial charge in [-0.05, 0) is 44.9 Å². The van der Waals surface area contributed by atoms with Crippen LogP contribution in [0.3, 0.4) is 0 Å². The zero-order chi connectivity index (χ0) is 10.9. The number of hydrogen-bond donors (Lipinski definition) is 1. The van der Waals surface area contributed by atoms with Crippen molar-refractivity contribution < 1.29 is 4.79 Å². The van der Waals surface area contributed by atoms with Crippen LogP contribution in [0, 0.1) is 17.8 Å². The van der Waals surface area contributed by atoms with E-state index in [9.17, 15) is 4.79 Å². The van der Waals surface area contributed by atoms with E-state index in [1.165, 1.54) is 6.42 Å². The van der Waals surface area contributed by atoms with Crippen molar-refractivity contribution in [1.82, 2.24) is 0 Å². The van der Waals surface area contributed by atoms with Crippen molar-refractivity contribution in [2.75, 3.05) is 0 Å². The molecule has 82 valence electrons. The second-order valence-corrected chi connectivity index (χ2v) is 5.70. The topological polar surface area (TPSA) is 43.1 Å². The van der Waals surface area contributed by atoms with Gasteiger partial charge in [-0.1, -0.05) is 13.8 Å². The van der Waals surface area contributed by atoms with E-state index in [4.69, 9.17) is 5.73 Å². The molecule has 1 fully saturated rings. The first-order valence-corrected chi connectivity index (χ1v) is 5.64. The average molecular weight is 197 g/mol. The Labute approximate surface area is 87.2 Å². The van der Waals surface area contributed by atoms with Gasteiger partial charge in [-0.2, -0.15) is 0 Å². The van der Waals surface area contributed by atoms with Crippen LogP contribution in [0.25, 0.3) is 0 Å². The lowest BCUT2D eigenvalue weighted by atomic mass is 9.72. The Bertz CT molecular complexity index is 207. The third-order valence-electron chi connectivity index (χ3n) is 3.18. The molecule has 0 aliphatic heterocycles. The van der Waals surface area contributed by atoms with Gasteiger partial charge < -0.3 is 5.73 Å². The lowest BCUT2D eigenvalue weighted by molar-refractivity contribution is -0.129. The van der Waals surface area contributed by atoms with Crippen LogP contribution in [0.1, 0.15) is 47.0 Å². The molecule has 2 nitrogen and oxygen atoms in total. The normalized spacial score (nSPS) is 34.2. The van der Waals surface area contributed by atoms with Crippen LogP contribution < -0.4 is 5.73 Å². The second-order valence-electron chi connectivity index (χ2n) is 5.70. The van der Waals surface area contributed by atoms with E-state index in [-0.39, 0.29) is 11.7 Å². The van der Waals surface area contributed by atoms with E-state index in [1.54, 1.807) is 0 Å². The van der Waals surface area contributed by atoms with E-state index in [1.807, 2.05) is 13.8 Å². The fraction of sp³-hybridized carbons (Fsp3) is 0.917. The summed E-state index contributed by atoms with van der Waals surface area (Å²) in [5, 5.41) is 0. The summed E-state index contributed by atoms with van der Waals surface area (Å²) in [5.74, 6) is 1.80. The SMILES string of the molecule is CC1CC(C)CC(C(=O)C(C)(C)N)C1. The van der Waals surface area contributed by atoms with Gasteiger partial charge in [0, 0.05) is 5.92 Å². The Kier molecular flexibility index (Phi) is 3.36. The zero-order valence-corrected chi connectivity index (χ0v) is 9.84. The summed E-state index contributed by atoms with van der Waals surface area (Å²) in [6.07, 6.45) is 3.32. The Morgan fingerprint density at radius 3 is 1.93 bits per heavy atom. The molecule has 0 heterocycles. The Balaban J connectivity index is 2.64. The number of carbonyl (C=O) groups excluding carboxylic acids is 1. The maximum atomic E-state index is 12.0. The van der Waals surface area contributed by atoms with Gasteiger partial charge >= 0.3 is 0 Å². The number of hydrogen-bond acceptors (Lipinski definition) is 2. The molecule has 1 rings (SSSR count). The van der Waals surface area contributed by atoms with Crippen LogP contribution in [0.15, 0.2) is 0 Å². The van der Waals surface area contributed by atoms with Gasteiger partial charge in [0.15, 0.2) is 5.78 Å². The molecule has 0 aromatic heterocycles. The monoisotopic (exact) mass is 197 g/mol. The first kappa shape index (κ1) is 11.7. The molecule has 1 aliphatic rings. The zero-order valence-electron chi connectivity index (χ0n) is 9.84. The Morgan fingerprint density at radius 1 is 1.14 bits per heavy atom. The van der Waals surface area contributed by atoms with E-state index >= 15 is 0 Å². The molecule has 2 atom stereocenters. The predicted octanol–water partition coefficient (Wildman–Crippen LogP) is 2.37. The largest absolute Gasteiger partial charge is 0.319 e. The molecule has 0 radical (unpaired) electrons. The highest BCUT2D eigenvalue weighted by Crippen LogP contribution is 2.34. The van der Waals surface area contributed by atoms with E-state index in [0.29, 0.717) is 11.8 Å². The molecule has 0 aromatic rings. The molecule has 0 bridgehead atoms. The van der Waals surface area contributed by atoms with Crippen molar-refractivity contribution >= 4 is 5.78 Å². The minimum absolute atomic E-state index is 0.203. The van der Waals surface area contributed by atoms with Crippen molar-refractivity contribution in [3.63, 3.8) is 0 Å². The average Bonchev–Trinajstić information content (AvgIpc) is 1.99. The standard InChI is InChI=1S/C12H23NO/c1-8-5-9(2)7-10(6-8)11(14)12(3,4)13/h8-10H,5-7,13H2,1-4H3. The summed E-state index contributed by atoms with van der Waals surface area (Å²) in [4.78, 5) is 12.0. The highest BCUT2D eigenvalue weighted by Gasteiger charge is 2.34. The lowest BCUT2D eigenvalue weighted by Gasteiger charge is -2.33. The van der Waals surface area contributed by atoms with Gasteiger partial charge in [-0.25, -0.2) is 0 Å². The molecule has 1 aliphatic carbocycles. The van der Waals surface area contributed by atoms with E-state index in [2.05, 4.69) is 13.8 Å². The molecule has 14 heavy (non-hydrogen) atoms. The fourth-order valence-electron chi connectivity index (χ4n) is 2.69. The van der Waals surface area contributed by atoms with Crippen molar-refractivity contribution in [3.05, 3.63) is 0 Å². The van der Waals surface area contributed by atoms with Crippen LogP contribution >= 0.6 is 0 Å². The number of ketones is 1. The number of nitrogens with two attached hydrogens (primary N) is 1. The predicted molar refractivity (Wildman–Crippen MR) is 58.9 cm³/mol. The molecule has 2 heteroatoms. The molecule has 1 saturated carbocycles. The van der Waals surface area contributed by atoms with Crippen LogP contribution in [0.2, 0.25) is 0 Å².